The Morgan fingerprint density at radius 2 is 2.00 bits per heavy atom. The van der Waals surface area contributed by atoms with Gasteiger partial charge in [-0.1, -0.05) is 17.7 Å². The maximum absolute atomic E-state index is 11.2. The minimum absolute atomic E-state index is 0.0372. The van der Waals surface area contributed by atoms with Gasteiger partial charge in [-0.25, -0.2) is 19.4 Å². The van der Waals surface area contributed by atoms with Crippen molar-refractivity contribution in [1.29, 1.82) is 0 Å². The maximum Gasteiger partial charge on any atom is 0.335 e. The van der Waals surface area contributed by atoms with Crippen LogP contribution in [-0.2, 0) is 0 Å². The zero-order chi connectivity index (χ0) is 19.0. The van der Waals surface area contributed by atoms with E-state index in [9.17, 15) is 9.90 Å². The number of fused-ring (bicyclic) bond motifs is 1. The summed E-state index contributed by atoms with van der Waals surface area (Å²) in [4.78, 5) is 19.6. The third-order valence-electron chi connectivity index (χ3n) is 3.92. The van der Waals surface area contributed by atoms with Gasteiger partial charge in [0.25, 0.3) is 0 Å². The van der Waals surface area contributed by atoms with Crippen molar-refractivity contribution in [3.63, 3.8) is 0 Å². The first-order valence-corrected chi connectivity index (χ1v) is 8.19. The molecular weight excluding hydrogens is 370 g/mol. The molecule has 2 aromatic carbocycles. The monoisotopic (exact) mass is 381 g/mol. The van der Waals surface area contributed by atoms with Gasteiger partial charge in [0.2, 0.25) is 0 Å². The van der Waals surface area contributed by atoms with Crippen molar-refractivity contribution in [2.75, 3.05) is 5.32 Å². The van der Waals surface area contributed by atoms with Crippen molar-refractivity contribution in [3.8, 4) is 11.4 Å². The molecule has 0 saturated carbocycles. The van der Waals surface area contributed by atoms with Gasteiger partial charge in [0.15, 0.2) is 5.65 Å². The highest BCUT2D eigenvalue weighted by Crippen LogP contribution is 2.30. The predicted octanol–water partition coefficient (Wildman–Crippen LogP) is 3.62. The molecule has 0 saturated heterocycles. The lowest BCUT2D eigenvalue weighted by Crippen LogP contribution is -2.01. The Morgan fingerprint density at radius 1 is 1.15 bits per heavy atom. The first-order valence-electron chi connectivity index (χ1n) is 7.81. The molecule has 4 rings (SSSR count). The fourth-order valence-corrected chi connectivity index (χ4v) is 2.82. The van der Waals surface area contributed by atoms with E-state index in [4.69, 9.17) is 16.7 Å². The van der Waals surface area contributed by atoms with Crippen LogP contribution in [0.25, 0.3) is 16.7 Å². The van der Waals surface area contributed by atoms with Crippen LogP contribution in [0.15, 0.2) is 55.0 Å². The molecule has 0 bridgehead atoms. The molecular formula is C18H12ClN5O3. The van der Waals surface area contributed by atoms with Crippen molar-refractivity contribution in [1.82, 2.24) is 19.7 Å². The molecule has 9 heteroatoms. The van der Waals surface area contributed by atoms with Crippen LogP contribution in [0.2, 0.25) is 5.02 Å². The molecule has 0 radical (unpaired) electrons. The molecule has 4 aromatic rings. The van der Waals surface area contributed by atoms with Gasteiger partial charge in [0.1, 0.15) is 17.9 Å². The molecule has 3 N–H and O–H groups in total. The van der Waals surface area contributed by atoms with Gasteiger partial charge in [-0.05, 0) is 36.4 Å². The fourth-order valence-electron chi connectivity index (χ4n) is 2.64. The van der Waals surface area contributed by atoms with Gasteiger partial charge in [-0.3, -0.25) is 0 Å². The van der Waals surface area contributed by atoms with Gasteiger partial charge in [-0.15, -0.1) is 0 Å². The largest absolute Gasteiger partial charge is 0.506 e. The third-order valence-corrected chi connectivity index (χ3v) is 4.15. The van der Waals surface area contributed by atoms with Gasteiger partial charge in [0, 0.05) is 5.02 Å². The summed E-state index contributed by atoms with van der Waals surface area (Å²) in [5.74, 6) is -0.820. The summed E-state index contributed by atoms with van der Waals surface area (Å²) in [6.07, 6.45) is 2.93. The second kappa shape index (κ2) is 6.58. The Balaban J connectivity index is 1.78. The number of phenols is 1. The van der Waals surface area contributed by atoms with E-state index in [1.165, 1.54) is 24.5 Å². The molecule has 27 heavy (non-hydrogen) atoms. The van der Waals surface area contributed by atoms with Crippen LogP contribution >= 0.6 is 11.6 Å². The fraction of sp³-hybridized carbons (Fsp3) is 0. The molecule has 0 aliphatic heterocycles. The minimum Gasteiger partial charge on any atom is -0.506 e. The lowest BCUT2D eigenvalue weighted by molar-refractivity contribution is 0.0697. The lowest BCUT2D eigenvalue weighted by Gasteiger charge is -2.09. The average molecular weight is 382 g/mol. The van der Waals surface area contributed by atoms with Crippen LogP contribution in [0.4, 0.5) is 11.5 Å². The third kappa shape index (κ3) is 3.13. The Kier molecular flexibility index (Phi) is 4.09. The molecule has 0 amide bonds. The van der Waals surface area contributed by atoms with Crippen molar-refractivity contribution < 1.29 is 15.0 Å². The van der Waals surface area contributed by atoms with E-state index in [2.05, 4.69) is 20.4 Å². The number of benzene rings is 2. The first kappa shape index (κ1) is 16.8. The summed E-state index contributed by atoms with van der Waals surface area (Å²) in [7, 11) is 0. The molecule has 0 aliphatic carbocycles. The number of aromatic carboxylic acids is 1. The molecule has 0 spiro atoms. The summed E-state index contributed by atoms with van der Waals surface area (Å²) in [6.45, 7) is 0. The van der Waals surface area contributed by atoms with Crippen LogP contribution in [0, 0.1) is 0 Å². The summed E-state index contributed by atoms with van der Waals surface area (Å²) in [5, 5.41) is 27.6. The number of phenolic OH excluding ortho intramolecular Hbond substituents is 1. The standard InChI is InChI=1S/C18H12ClN5O3/c19-11-2-1-3-12(7-11)24-17-13(8-22-24)16(20-9-21-17)23-14-6-10(18(26)27)4-5-15(14)25/h1-9,25H,(H,26,27)(H,20,21,23). The van der Waals surface area contributed by atoms with E-state index in [0.29, 0.717) is 21.9 Å². The number of halogens is 1. The van der Waals surface area contributed by atoms with E-state index < -0.39 is 5.97 Å². The number of nitrogens with one attached hydrogen (secondary N) is 1. The molecule has 0 atom stereocenters. The van der Waals surface area contributed by atoms with Crippen molar-refractivity contribution >= 4 is 40.1 Å². The highest BCUT2D eigenvalue weighted by Gasteiger charge is 2.14. The number of aromatic nitrogens is 4. The van der Waals surface area contributed by atoms with Crippen molar-refractivity contribution in [2.45, 2.75) is 0 Å². The Morgan fingerprint density at radius 3 is 2.78 bits per heavy atom. The first-order chi connectivity index (χ1) is 13.0. The Bertz CT molecular complexity index is 1170. The van der Waals surface area contributed by atoms with Crippen LogP contribution in [0.1, 0.15) is 10.4 Å². The van der Waals surface area contributed by atoms with Crippen LogP contribution in [-0.4, -0.2) is 35.9 Å². The molecule has 0 fully saturated rings. The quantitative estimate of drug-likeness (QED) is 0.462. The number of carboxylic acid groups (broad SMARTS) is 1. The molecule has 134 valence electrons. The number of hydrogen-bond donors (Lipinski definition) is 3. The molecule has 0 aliphatic rings. The summed E-state index contributed by atoms with van der Waals surface area (Å²) >= 11 is 6.05. The van der Waals surface area contributed by atoms with Crippen molar-refractivity contribution in [2.24, 2.45) is 0 Å². The second-order valence-electron chi connectivity index (χ2n) is 5.66. The van der Waals surface area contributed by atoms with Gasteiger partial charge >= 0.3 is 5.97 Å². The number of rotatable bonds is 4. The smallest absolute Gasteiger partial charge is 0.335 e. The lowest BCUT2D eigenvalue weighted by atomic mass is 10.2. The zero-order valence-corrected chi connectivity index (χ0v) is 14.4. The minimum atomic E-state index is -1.10. The van der Waals surface area contributed by atoms with Crippen LogP contribution in [0.3, 0.4) is 0 Å². The number of carboxylic acids is 1. The van der Waals surface area contributed by atoms with E-state index in [-0.39, 0.29) is 17.0 Å². The normalized spacial score (nSPS) is 10.9. The molecule has 2 heterocycles. The topological polar surface area (TPSA) is 113 Å². The summed E-state index contributed by atoms with van der Waals surface area (Å²) in [6, 6.07) is 11.1. The highest BCUT2D eigenvalue weighted by molar-refractivity contribution is 6.30. The molecule has 8 nitrogen and oxygen atoms in total. The zero-order valence-electron chi connectivity index (χ0n) is 13.7. The van der Waals surface area contributed by atoms with Gasteiger partial charge in [-0.2, -0.15) is 5.10 Å². The van der Waals surface area contributed by atoms with Gasteiger partial charge in [0.05, 0.1) is 28.5 Å². The summed E-state index contributed by atoms with van der Waals surface area (Å²) < 4.78 is 1.61. The van der Waals surface area contributed by atoms with Crippen molar-refractivity contribution in [3.05, 3.63) is 65.6 Å². The predicted molar refractivity (Wildman–Crippen MR) is 100 cm³/mol. The van der Waals surface area contributed by atoms with E-state index >= 15 is 0 Å². The summed E-state index contributed by atoms with van der Waals surface area (Å²) in [5.41, 5.74) is 1.52. The Labute approximate surface area is 157 Å². The number of anilines is 2. The molecule has 0 unspecified atom stereocenters. The van der Waals surface area contributed by atoms with Crippen LogP contribution in [0.5, 0.6) is 5.75 Å². The van der Waals surface area contributed by atoms with Crippen LogP contribution < -0.4 is 5.32 Å². The highest BCUT2D eigenvalue weighted by atomic mass is 35.5. The SMILES string of the molecule is O=C(O)c1ccc(O)c(Nc2ncnc3c2cnn3-c2cccc(Cl)c2)c1. The Hall–Kier alpha value is -3.65. The number of aromatic hydroxyl groups is 1. The second-order valence-corrected chi connectivity index (χ2v) is 6.09. The number of carbonyl (C=O) groups is 1. The maximum atomic E-state index is 11.2. The van der Waals surface area contributed by atoms with E-state index in [1.54, 1.807) is 29.1 Å². The van der Waals surface area contributed by atoms with Gasteiger partial charge < -0.3 is 15.5 Å². The van der Waals surface area contributed by atoms with E-state index in [0.717, 1.165) is 5.69 Å². The van der Waals surface area contributed by atoms with E-state index in [1.807, 2.05) is 6.07 Å². The number of hydrogen-bond acceptors (Lipinski definition) is 6. The average Bonchev–Trinajstić information content (AvgIpc) is 3.08. The number of nitrogens with zero attached hydrogens (tertiary/aromatic N) is 4. The molecule has 2 aromatic heterocycles.